The summed E-state index contributed by atoms with van der Waals surface area (Å²) >= 11 is 11.0. The summed E-state index contributed by atoms with van der Waals surface area (Å²) in [7, 11) is 1.68. The maximum atomic E-state index is 6.03. The van der Waals surface area contributed by atoms with Crippen LogP contribution in [0.15, 0.2) is 34.8 Å². The minimum Gasteiger partial charge on any atom is -0.497 e. The third-order valence-electron chi connectivity index (χ3n) is 2.89. The van der Waals surface area contributed by atoms with Crippen molar-refractivity contribution in [1.82, 2.24) is 5.32 Å². The average molecular weight is 361 g/mol. The minimum absolute atomic E-state index is 0.283. The Morgan fingerprint density at radius 2 is 2.05 bits per heavy atom. The topological polar surface area (TPSA) is 21.3 Å². The molecule has 1 heterocycles. The Labute approximate surface area is 130 Å². The standard InChI is InChI=1S/C14H15BrClNOS/c1-9(10-3-5-11(18-2)6-4-10)17-8-12-7-13(15)14(16)19-12/h3-7,9,17H,8H2,1-2H3. The van der Waals surface area contributed by atoms with Gasteiger partial charge in [-0.25, -0.2) is 0 Å². The molecular formula is C14H15BrClNOS. The van der Waals surface area contributed by atoms with Gasteiger partial charge in [-0.2, -0.15) is 0 Å². The van der Waals surface area contributed by atoms with E-state index in [-0.39, 0.29) is 6.04 Å². The molecule has 0 spiro atoms. The lowest BCUT2D eigenvalue weighted by molar-refractivity contribution is 0.414. The van der Waals surface area contributed by atoms with Gasteiger partial charge in [-0.15, -0.1) is 11.3 Å². The van der Waals surface area contributed by atoms with Crippen LogP contribution >= 0.6 is 38.9 Å². The molecule has 0 aliphatic rings. The molecule has 1 unspecified atom stereocenters. The van der Waals surface area contributed by atoms with E-state index >= 15 is 0 Å². The van der Waals surface area contributed by atoms with Crippen LogP contribution in [0.1, 0.15) is 23.4 Å². The molecule has 2 nitrogen and oxygen atoms in total. The molecule has 2 rings (SSSR count). The molecule has 1 N–H and O–H groups in total. The van der Waals surface area contributed by atoms with Crippen LogP contribution in [0, 0.1) is 0 Å². The summed E-state index contributed by atoms with van der Waals surface area (Å²) in [6.45, 7) is 2.95. The van der Waals surface area contributed by atoms with Crippen molar-refractivity contribution in [2.45, 2.75) is 19.5 Å². The van der Waals surface area contributed by atoms with Gasteiger partial charge >= 0.3 is 0 Å². The highest BCUT2D eigenvalue weighted by atomic mass is 79.9. The van der Waals surface area contributed by atoms with Gasteiger partial charge in [0.15, 0.2) is 0 Å². The van der Waals surface area contributed by atoms with Crippen molar-refractivity contribution in [2.75, 3.05) is 7.11 Å². The van der Waals surface area contributed by atoms with Crippen molar-refractivity contribution in [3.63, 3.8) is 0 Å². The first kappa shape index (κ1) is 14.9. The molecule has 1 aromatic heterocycles. The van der Waals surface area contributed by atoms with Crippen molar-refractivity contribution in [3.8, 4) is 5.75 Å². The van der Waals surface area contributed by atoms with E-state index in [1.807, 2.05) is 12.1 Å². The predicted octanol–water partition coefficient (Wildman–Crippen LogP) is 5.02. The van der Waals surface area contributed by atoms with E-state index in [9.17, 15) is 0 Å². The van der Waals surface area contributed by atoms with Gasteiger partial charge in [-0.05, 0) is 46.6 Å². The summed E-state index contributed by atoms with van der Waals surface area (Å²) in [4.78, 5) is 1.22. The molecule has 0 saturated heterocycles. The summed E-state index contributed by atoms with van der Waals surface area (Å²) < 4.78 is 6.92. The summed E-state index contributed by atoms with van der Waals surface area (Å²) in [5, 5.41) is 3.48. The van der Waals surface area contributed by atoms with Gasteiger partial charge < -0.3 is 10.1 Å². The fourth-order valence-electron chi connectivity index (χ4n) is 1.74. The van der Waals surface area contributed by atoms with Crippen molar-refractivity contribution in [2.24, 2.45) is 0 Å². The zero-order chi connectivity index (χ0) is 13.8. The molecule has 0 amide bonds. The van der Waals surface area contributed by atoms with Gasteiger partial charge in [0.2, 0.25) is 0 Å². The summed E-state index contributed by atoms with van der Waals surface area (Å²) in [6, 6.07) is 10.5. The van der Waals surface area contributed by atoms with E-state index in [0.717, 1.165) is 21.1 Å². The number of halogens is 2. The largest absolute Gasteiger partial charge is 0.497 e. The molecule has 19 heavy (non-hydrogen) atoms. The first-order valence-corrected chi connectivity index (χ1v) is 7.90. The lowest BCUT2D eigenvalue weighted by atomic mass is 10.1. The Morgan fingerprint density at radius 3 is 2.58 bits per heavy atom. The van der Waals surface area contributed by atoms with E-state index in [4.69, 9.17) is 16.3 Å². The molecule has 0 radical (unpaired) electrons. The third kappa shape index (κ3) is 3.96. The summed E-state index contributed by atoms with van der Waals surface area (Å²) in [5.74, 6) is 0.880. The molecule has 1 aromatic carbocycles. The SMILES string of the molecule is COc1ccc(C(C)NCc2cc(Br)c(Cl)s2)cc1. The number of methoxy groups -OCH3 is 1. The van der Waals surface area contributed by atoms with Crippen LogP contribution in [0.3, 0.4) is 0 Å². The zero-order valence-corrected chi connectivity index (χ0v) is 13.9. The number of hydrogen-bond acceptors (Lipinski definition) is 3. The van der Waals surface area contributed by atoms with Crippen molar-refractivity contribution in [1.29, 1.82) is 0 Å². The number of hydrogen-bond donors (Lipinski definition) is 1. The van der Waals surface area contributed by atoms with Gasteiger partial charge in [0.1, 0.15) is 10.1 Å². The van der Waals surface area contributed by atoms with Crippen molar-refractivity contribution in [3.05, 3.63) is 49.6 Å². The van der Waals surface area contributed by atoms with Crippen LogP contribution in [-0.2, 0) is 6.54 Å². The maximum absolute atomic E-state index is 6.03. The average Bonchev–Trinajstić information content (AvgIpc) is 2.75. The molecule has 0 aliphatic heterocycles. The highest BCUT2D eigenvalue weighted by molar-refractivity contribution is 9.10. The number of ether oxygens (including phenoxy) is 1. The molecule has 0 fully saturated rings. The first-order valence-electron chi connectivity index (χ1n) is 5.91. The fraction of sp³-hybridized carbons (Fsp3) is 0.286. The quantitative estimate of drug-likeness (QED) is 0.808. The van der Waals surface area contributed by atoms with E-state index in [0.29, 0.717) is 0 Å². The maximum Gasteiger partial charge on any atom is 0.118 e. The van der Waals surface area contributed by atoms with E-state index in [1.165, 1.54) is 10.4 Å². The Morgan fingerprint density at radius 1 is 1.37 bits per heavy atom. The van der Waals surface area contributed by atoms with Crippen molar-refractivity contribution >= 4 is 38.9 Å². The molecule has 102 valence electrons. The highest BCUT2D eigenvalue weighted by Gasteiger charge is 2.08. The van der Waals surface area contributed by atoms with Gasteiger partial charge in [0.25, 0.3) is 0 Å². The fourth-order valence-corrected chi connectivity index (χ4v) is 3.48. The lowest BCUT2D eigenvalue weighted by Crippen LogP contribution is -2.17. The molecule has 0 aliphatic carbocycles. The smallest absolute Gasteiger partial charge is 0.118 e. The van der Waals surface area contributed by atoms with Gasteiger partial charge in [0.05, 0.1) is 7.11 Å². The molecule has 1 atom stereocenters. The normalized spacial score (nSPS) is 12.4. The van der Waals surface area contributed by atoms with Crippen molar-refractivity contribution < 1.29 is 4.74 Å². The molecule has 0 bridgehead atoms. The summed E-state index contributed by atoms with van der Waals surface area (Å²) in [6.07, 6.45) is 0. The second-order valence-electron chi connectivity index (χ2n) is 4.21. The Hall–Kier alpha value is -0.550. The van der Waals surface area contributed by atoms with Gasteiger partial charge in [-0.3, -0.25) is 0 Å². The number of benzene rings is 1. The van der Waals surface area contributed by atoms with Crippen LogP contribution in [0.2, 0.25) is 4.34 Å². The lowest BCUT2D eigenvalue weighted by Gasteiger charge is -2.14. The van der Waals surface area contributed by atoms with E-state index < -0.39 is 0 Å². The number of rotatable bonds is 5. The highest BCUT2D eigenvalue weighted by Crippen LogP contribution is 2.32. The van der Waals surface area contributed by atoms with Gasteiger partial charge in [-0.1, -0.05) is 23.7 Å². The van der Waals surface area contributed by atoms with Crippen LogP contribution < -0.4 is 10.1 Å². The monoisotopic (exact) mass is 359 g/mol. The van der Waals surface area contributed by atoms with E-state index in [2.05, 4.69) is 46.4 Å². The Balaban J connectivity index is 1.94. The Bertz CT molecular complexity index is 521. The summed E-state index contributed by atoms with van der Waals surface area (Å²) in [5.41, 5.74) is 1.24. The zero-order valence-electron chi connectivity index (χ0n) is 10.7. The number of nitrogens with one attached hydrogen (secondary N) is 1. The molecule has 5 heteroatoms. The number of thiophene rings is 1. The second-order valence-corrected chi connectivity index (χ2v) is 6.80. The second kappa shape index (κ2) is 6.75. The molecular weight excluding hydrogens is 346 g/mol. The minimum atomic E-state index is 0.283. The first-order chi connectivity index (χ1) is 9.10. The van der Waals surface area contributed by atoms with Gasteiger partial charge in [0, 0.05) is 21.9 Å². The predicted molar refractivity (Wildman–Crippen MR) is 85.3 cm³/mol. The van der Waals surface area contributed by atoms with E-state index in [1.54, 1.807) is 18.4 Å². The van der Waals surface area contributed by atoms with Crippen LogP contribution in [-0.4, -0.2) is 7.11 Å². The van der Waals surface area contributed by atoms with Crippen LogP contribution in [0.25, 0.3) is 0 Å². The molecule has 2 aromatic rings. The van der Waals surface area contributed by atoms with Crippen LogP contribution in [0.4, 0.5) is 0 Å². The Kier molecular flexibility index (Phi) is 5.28. The third-order valence-corrected chi connectivity index (χ3v) is 5.37. The molecule has 0 saturated carbocycles. The van der Waals surface area contributed by atoms with Crippen LogP contribution in [0.5, 0.6) is 5.75 Å².